The number of carbonyl (C=O) groups is 1. The van der Waals surface area contributed by atoms with E-state index in [1.54, 1.807) is 17.4 Å². The van der Waals surface area contributed by atoms with Gasteiger partial charge in [0.25, 0.3) is 0 Å². The van der Waals surface area contributed by atoms with Crippen LogP contribution in [0.3, 0.4) is 0 Å². The van der Waals surface area contributed by atoms with E-state index in [4.69, 9.17) is 0 Å². The first-order valence-corrected chi connectivity index (χ1v) is 8.16. The summed E-state index contributed by atoms with van der Waals surface area (Å²) in [5, 5.41) is 0. The van der Waals surface area contributed by atoms with Gasteiger partial charge in [0, 0.05) is 31.2 Å². The second kappa shape index (κ2) is 8.11. The predicted octanol–water partition coefficient (Wildman–Crippen LogP) is 3.53. The molecule has 0 unspecified atom stereocenters. The van der Waals surface area contributed by atoms with Crippen molar-refractivity contribution in [3.05, 3.63) is 84.4 Å². The van der Waals surface area contributed by atoms with Crippen molar-refractivity contribution < 1.29 is 4.79 Å². The van der Waals surface area contributed by atoms with Crippen molar-refractivity contribution in [3.63, 3.8) is 0 Å². The number of nitrogens with zero attached hydrogens (tertiary/aromatic N) is 3. The summed E-state index contributed by atoms with van der Waals surface area (Å²) < 4.78 is 2.01. The maximum absolute atomic E-state index is 11.5. The number of hydrogen-bond acceptors (Lipinski definition) is 2. The molecule has 0 aliphatic carbocycles. The molecule has 1 amide bonds. The van der Waals surface area contributed by atoms with Crippen molar-refractivity contribution in [2.24, 2.45) is 0 Å². The van der Waals surface area contributed by atoms with Gasteiger partial charge >= 0.3 is 0 Å². The number of imidazole rings is 1. The van der Waals surface area contributed by atoms with Gasteiger partial charge in [0.1, 0.15) is 0 Å². The van der Waals surface area contributed by atoms with Crippen LogP contribution in [0.2, 0.25) is 0 Å². The lowest BCUT2D eigenvalue weighted by Gasteiger charge is -2.18. The lowest BCUT2D eigenvalue weighted by molar-refractivity contribution is -0.107. The van der Waals surface area contributed by atoms with Crippen LogP contribution in [0.4, 0.5) is 5.69 Å². The summed E-state index contributed by atoms with van der Waals surface area (Å²) >= 11 is 0. The highest BCUT2D eigenvalue weighted by atomic mass is 16.1. The molecule has 3 aromatic rings. The maximum Gasteiger partial charge on any atom is 0.214 e. The van der Waals surface area contributed by atoms with Gasteiger partial charge < -0.3 is 9.47 Å². The fourth-order valence-electron chi connectivity index (χ4n) is 2.77. The SMILES string of the molecule is O=CN(CCCc1ccccc1)c1cccc(Cn2ccnc2)c1. The smallest absolute Gasteiger partial charge is 0.214 e. The first-order valence-electron chi connectivity index (χ1n) is 8.16. The number of amides is 1. The lowest BCUT2D eigenvalue weighted by atomic mass is 10.1. The van der Waals surface area contributed by atoms with Crippen LogP contribution in [0.15, 0.2) is 73.3 Å². The number of aromatic nitrogens is 2. The molecule has 122 valence electrons. The lowest BCUT2D eigenvalue weighted by Crippen LogP contribution is -2.22. The van der Waals surface area contributed by atoms with Gasteiger partial charge in [-0.25, -0.2) is 4.98 Å². The van der Waals surface area contributed by atoms with E-state index in [9.17, 15) is 4.79 Å². The quantitative estimate of drug-likeness (QED) is 0.596. The van der Waals surface area contributed by atoms with Gasteiger partial charge in [-0.05, 0) is 36.1 Å². The first kappa shape index (κ1) is 16.0. The van der Waals surface area contributed by atoms with Crippen LogP contribution in [0.1, 0.15) is 17.5 Å². The van der Waals surface area contributed by atoms with Gasteiger partial charge in [-0.1, -0.05) is 42.5 Å². The zero-order valence-corrected chi connectivity index (χ0v) is 13.6. The van der Waals surface area contributed by atoms with E-state index in [-0.39, 0.29) is 0 Å². The van der Waals surface area contributed by atoms with E-state index in [1.165, 1.54) is 5.56 Å². The minimum absolute atomic E-state index is 0.715. The fourth-order valence-corrected chi connectivity index (χ4v) is 2.77. The topological polar surface area (TPSA) is 38.1 Å². The summed E-state index contributed by atoms with van der Waals surface area (Å²) in [4.78, 5) is 17.3. The van der Waals surface area contributed by atoms with E-state index in [1.807, 2.05) is 41.1 Å². The first-order chi connectivity index (χ1) is 11.8. The Kier molecular flexibility index (Phi) is 5.40. The summed E-state index contributed by atoms with van der Waals surface area (Å²) in [6.07, 6.45) is 8.33. The third-order valence-electron chi connectivity index (χ3n) is 4.00. The highest BCUT2D eigenvalue weighted by molar-refractivity contribution is 5.75. The molecule has 4 heteroatoms. The van der Waals surface area contributed by atoms with E-state index in [0.29, 0.717) is 6.54 Å². The fraction of sp³-hybridized carbons (Fsp3) is 0.200. The molecule has 0 radical (unpaired) electrons. The van der Waals surface area contributed by atoms with Crippen LogP contribution >= 0.6 is 0 Å². The van der Waals surface area contributed by atoms with Crippen molar-refractivity contribution >= 4 is 12.1 Å². The molecule has 0 atom stereocenters. The summed E-state index contributed by atoms with van der Waals surface area (Å²) in [5.74, 6) is 0. The molecule has 3 rings (SSSR count). The molecule has 0 saturated carbocycles. The number of hydrogen-bond donors (Lipinski definition) is 0. The van der Waals surface area contributed by atoms with Crippen molar-refractivity contribution in [3.8, 4) is 0 Å². The van der Waals surface area contributed by atoms with Gasteiger partial charge in [-0.2, -0.15) is 0 Å². The number of aryl methyl sites for hydroxylation is 1. The molecule has 4 nitrogen and oxygen atoms in total. The Morgan fingerprint density at radius 3 is 2.62 bits per heavy atom. The highest BCUT2D eigenvalue weighted by Gasteiger charge is 2.06. The zero-order chi connectivity index (χ0) is 16.6. The Labute approximate surface area is 142 Å². The van der Waals surface area contributed by atoms with Crippen LogP contribution in [0, 0.1) is 0 Å². The molecule has 0 aliphatic heterocycles. The second-order valence-electron chi connectivity index (χ2n) is 5.79. The van der Waals surface area contributed by atoms with E-state index in [0.717, 1.165) is 37.0 Å². The van der Waals surface area contributed by atoms with E-state index < -0.39 is 0 Å². The number of anilines is 1. The van der Waals surface area contributed by atoms with Crippen LogP contribution < -0.4 is 4.90 Å². The highest BCUT2D eigenvalue weighted by Crippen LogP contribution is 2.17. The van der Waals surface area contributed by atoms with Gasteiger partial charge in [0.2, 0.25) is 6.41 Å². The Morgan fingerprint density at radius 2 is 1.88 bits per heavy atom. The maximum atomic E-state index is 11.5. The van der Waals surface area contributed by atoms with Gasteiger partial charge in [0.05, 0.1) is 6.33 Å². The van der Waals surface area contributed by atoms with Crippen LogP contribution in [-0.4, -0.2) is 22.5 Å². The molecule has 0 saturated heterocycles. The third-order valence-corrected chi connectivity index (χ3v) is 4.00. The molecule has 0 aliphatic rings. The summed E-state index contributed by atoms with van der Waals surface area (Å²) in [7, 11) is 0. The molecule has 0 fully saturated rings. The largest absolute Gasteiger partial charge is 0.333 e. The van der Waals surface area contributed by atoms with Crippen LogP contribution in [-0.2, 0) is 17.8 Å². The molecule has 1 heterocycles. The number of carbonyl (C=O) groups excluding carboxylic acids is 1. The molecular formula is C20H21N3O. The molecule has 0 bridgehead atoms. The normalized spacial score (nSPS) is 10.5. The third kappa shape index (κ3) is 4.32. The van der Waals surface area contributed by atoms with E-state index >= 15 is 0 Å². The predicted molar refractivity (Wildman–Crippen MR) is 95.9 cm³/mol. The Hall–Kier alpha value is -2.88. The molecule has 2 aromatic carbocycles. The standard InChI is InChI=1S/C20H21N3O/c24-17-23(12-5-9-18-6-2-1-3-7-18)20-10-4-8-19(14-20)15-22-13-11-21-16-22/h1-4,6-8,10-11,13-14,16-17H,5,9,12,15H2. The van der Waals surface area contributed by atoms with E-state index in [2.05, 4.69) is 29.2 Å². The molecule has 24 heavy (non-hydrogen) atoms. The Morgan fingerprint density at radius 1 is 1.04 bits per heavy atom. The average Bonchev–Trinajstić information content (AvgIpc) is 3.13. The molecule has 0 N–H and O–H groups in total. The number of rotatable bonds is 8. The minimum atomic E-state index is 0.715. The van der Waals surface area contributed by atoms with Crippen molar-refractivity contribution in [1.82, 2.24) is 9.55 Å². The van der Waals surface area contributed by atoms with Crippen LogP contribution in [0.5, 0.6) is 0 Å². The van der Waals surface area contributed by atoms with Gasteiger partial charge in [-0.15, -0.1) is 0 Å². The van der Waals surface area contributed by atoms with Crippen molar-refractivity contribution in [2.75, 3.05) is 11.4 Å². The van der Waals surface area contributed by atoms with Crippen LogP contribution in [0.25, 0.3) is 0 Å². The summed E-state index contributed by atoms with van der Waals surface area (Å²) in [6.45, 7) is 1.47. The zero-order valence-electron chi connectivity index (χ0n) is 13.6. The second-order valence-corrected chi connectivity index (χ2v) is 5.79. The molecular weight excluding hydrogens is 298 g/mol. The molecule has 0 spiro atoms. The average molecular weight is 319 g/mol. The summed E-state index contributed by atoms with van der Waals surface area (Å²) in [5.41, 5.74) is 3.40. The minimum Gasteiger partial charge on any atom is -0.333 e. The van der Waals surface area contributed by atoms with Crippen molar-refractivity contribution in [2.45, 2.75) is 19.4 Å². The number of benzene rings is 2. The van der Waals surface area contributed by atoms with Gasteiger partial charge in [-0.3, -0.25) is 4.79 Å². The van der Waals surface area contributed by atoms with Crippen molar-refractivity contribution in [1.29, 1.82) is 0 Å². The molecule has 1 aromatic heterocycles. The Balaban J connectivity index is 1.61. The summed E-state index contributed by atoms with van der Waals surface area (Å²) in [6, 6.07) is 18.5. The Bertz CT molecular complexity index is 754. The van der Waals surface area contributed by atoms with Gasteiger partial charge in [0.15, 0.2) is 0 Å². The monoisotopic (exact) mass is 319 g/mol.